The topological polar surface area (TPSA) is 89.0 Å². The molecule has 33 heavy (non-hydrogen) atoms. The molecule has 1 aliphatic heterocycles. The van der Waals surface area contributed by atoms with E-state index in [1.54, 1.807) is 60.9 Å². The molecule has 1 amide bonds. The summed E-state index contributed by atoms with van der Waals surface area (Å²) in [4.78, 5) is 31.7. The Hall–Kier alpha value is -3.84. The standard InChI is InChI=1S/C25H21ClN2O5/c1-32-19-9-8-17(12-20(19)33-2)23(29)21-22(16-6-3-7-18(26)11-16)28(25(31)24(21)30)14-15-5-4-10-27-13-15/h3-13,22,29H,14H2,1-2H3/b23-21+/t22-/m1/s1. The molecule has 2 aromatic carbocycles. The number of methoxy groups -OCH3 is 2. The molecule has 0 aliphatic carbocycles. The van der Waals surface area contributed by atoms with Crippen LogP contribution in [-0.2, 0) is 16.1 Å². The van der Waals surface area contributed by atoms with Crippen LogP contribution in [-0.4, -0.2) is 40.9 Å². The molecule has 0 spiro atoms. The maximum Gasteiger partial charge on any atom is 0.295 e. The van der Waals surface area contributed by atoms with Crippen LogP contribution in [0.25, 0.3) is 5.76 Å². The van der Waals surface area contributed by atoms with Crippen LogP contribution >= 0.6 is 11.6 Å². The zero-order chi connectivity index (χ0) is 23.5. The van der Waals surface area contributed by atoms with Gasteiger partial charge in [-0.05, 0) is 47.5 Å². The summed E-state index contributed by atoms with van der Waals surface area (Å²) in [6.45, 7) is 0.137. The predicted molar refractivity (Wildman–Crippen MR) is 123 cm³/mol. The Labute approximate surface area is 195 Å². The van der Waals surface area contributed by atoms with Crippen molar-refractivity contribution < 1.29 is 24.2 Å². The van der Waals surface area contributed by atoms with Gasteiger partial charge in [0.05, 0.1) is 25.8 Å². The molecular formula is C25H21ClN2O5. The van der Waals surface area contributed by atoms with Gasteiger partial charge in [-0.1, -0.05) is 29.8 Å². The van der Waals surface area contributed by atoms with Gasteiger partial charge in [0, 0.05) is 29.5 Å². The van der Waals surface area contributed by atoms with Crippen LogP contribution < -0.4 is 9.47 Å². The van der Waals surface area contributed by atoms with Crippen molar-refractivity contribution in [3.8, 4) is 11.5 Å². The second-order valence-corrected chi connectivity index (χ2v) is 7.85. The smallest absolute Gasteiger partial charge is 0.295 e. The highest BCUT2D eigenvalue weighted by Crippen LogP contribution is 2.41. The number of hydrogen-bond donors (Lipinski definition) is 1. The van der Waals surface area contributed by atoms with Gasteiger partial charge in [-0.2, -0.15) is 0 Å². The third-order valence-corrected chi connectivity index (χ3v) is 5.67. The van der Waals surface area contributed by atoms with E-state index in [9.17, 15) is 14.7 Å². The number of hydrogen-bond acceptors (Lipinski definition) is 6. The van der Waals surface area contributed by atoms with Crippen molar-refractivity contribution in [2.45, 2.75) is 12.6 Å². The average Bonchev–Trinajstić information content (AvgIpc) is 3.08. The normalized spacial score (nSPS) is 17.3. The maximum atomic E-state index is 13.2. The van der Waals surface area contributed by atoms with Gasteiger partial charge in [-0.25, -0.2) is 0 Å². The number of pyridine rings is 1. The van der Waals surface area contributed by atoms with Crippen LogP contribution in [0.2, 0.25) is 5.02 Å². The predicted octanol–water partition coefficient (Wildman–Crippen LogP) is 4.37. The van der Waals surface area contributed by atoms with E-state index >= 15 is 0 Å². The van der Waals surface area contributed by atoms with Crippen molar-refractivity contribution in [2.75, 3.05) is 14.2 Å². The molecule has 4 rings (SSSR count). The van der Waals surface area contributed by atoms with Crippen molar-refractivity contribution >= 4 is 29.1 Å². The van der Waals surface area contributed by atoms with Gasteiger partial charge in [-0.3, -0.25) is 14.6 Å². The summed E-state index contributed by atoms with van der Waals surface area (Å²) in [5.74, 6) is -0.960. The molecule has 1 atom stereocenters. The summed E-state index contributed by atoms with van der Waals surface area (Å²) in [7, 11) is 2.97. The van der Waals surface area contributed by atoms with Crippen LogP contribution in [0, 0.1) is 0 Å². The molecule has 168 valence electrons. The third-order valence-electron chi connectivity index (χ3n) is 5.44. The monoisotopic (exact) mass is 464 g/mol. The van der Waals surface area contributed by atoms with Crippen LogP contribution in [0.15, 0.2) is 72.6 Å². The number of aliphatic hydroxyl groups excluding tert-OH is 1. The summed E-state index contributed by atoms with van der Waals surface area (Å²) in [5.41, 5.74) is 1.64. The number of nitrogens with zero attached hydrogens (tertiary/aromatic N) is 2. The lowest BCUT2D eigenvalue weighted by Gasteiger charge is -2.25. The van der Waals surface area contributed by atoms with E-state index in [4.69, 9.17) is 21.1 Å². The fraction of sp³-hybridized carbons (Fsp3) is 0.160. The van der Waals surface area contributed by atoms with Crippen LogP contribution in [0.5, 0.6) is 11.5 Å². The van der Waals surface area contributed by atoms with E-state index in [-0.39, 0.29) is 17.9 Å². The van der Waals surface area contributed by atoms with E-state index in [1.165, 1.54) is 19.1 Å². The first-order valence-corrected chi connectivity index (χ1v) is 10.5. The van der Waals surface area contributed by atoms with Gasteiger partial charge >= 0.3 is 0 Å². The van der Waals surface area contributed by atoms with Gasteiger partial charge in [0.15, 0.2) is 11.5 Å². The first-order valence-electron chi connectivity index (χ1n) is 10.1. The summed E-state index contributed by atoms with van der Waals surface area (Å²) in [6.07, 6.45) is 3.26. The molecule has 2 heterocycles. The number of carbonyl (C=O) groups is 2. The molecule has 0 radical (unpaired) electrons. The Morgan fingerprint density at radius 2 is 1.85 bits per heavy atom. The largest absolute Gasteiger partial charge is 0.507 e. The van der Waals surface area contributed by atoms with Crippen LogP contribution in [0.4, 0.5) is 0 Å². The zero-order valence-electron chi connectivity index (χ0n) is 18.0. The van der Waals surface area contributed by atoms with Gasteiger partial charge in [0.1, 0.15) is 5.76 Å². The van der Waals surface area contributed by atoms with Crippen LogP contribution in [0.1, 0.15) is 22.7 Å². The molecule has 0 unspecified atom stereocenters. The third kappa shape index (κ3) is 4.27. The minimum atomic E-state index is -0.836. The Balaban J connectivity index is 1.88. The lowest BCUT2D eigenvalue weighted by Crippen LogP contribution is -2.29. The van der Waals surface area contributed by atoms with Gasteiger partial charge in [0.2, 0.25) is 0 Å². The Bertz CT molecular complexity index is 1240. The van der Waals surface area contributed by atoms with Gasteiger partial charge in [-0.15, -0.1) is 0 Å². The SMILES string of the molecule is COc1ccc(/C(O)=C2\C(=O)C(=O)N(Cc3cccnc3)[C@@H]2c2cccc(Cl)c2)cc1OC. The molecule has 0 bridgehead atoms. The fourth-order valence-corrected chi connectivity index (χ4v) is 4.09. The van der Waals surface area contributed by atoms with Gasteiger partial charge in [0.25, 0.3) is 11.7 Å². The summed E-state index contributed by atoms with van der Waals surface area (Å²) in [6, 6.07) is 14.4. The van der Waals surface area contributed by atoms with Crippen molar-refractivity contribution in [3.05, 3.63) is 94.3 Å². The highest BCUT2D eigenvalue weighted by Gasteiger charge is 2.46. The summed E-state index contributed by atoms with van der Waals surface area (Å²) >= 11 is 6.21. The van der Waals surface area contributed by atoms with Crippen molar-refractivity contribution in [3.63, 3.8) is 0 Å². The number of aliphatic hydroxyl groups is 1. The molecule has 0 saturated carbocycles. The number of carbonyl (C=O) groups excluding carboxylic acids is 2. The Morgan fingerprint density at radius 1 is 1.06 bits per heavy atom. The number of amides is 1. The molecule has 1 saturated heterocycles. The van der Waals surface area contributed by atoms with Crippen LogP contribution in [0.3, 0.4) is 0 Å². The van der Waals surface area contributed by atoms with Crippen molar-refractivity contribution in [1.29, 1.82) is 0 Å². The molecule has 1 aromatic heterocycles. The second-order valence-electron chi connectivity index (χ2n) is 7.41. The van der Waals surface area contributed by atoms with Gasteiger partial charge < -0.3 is 19.5 Å². The summed E-state index contributed by atoms with van der Waals surface area (Å²) < 4.78 is 10.6. The fourth-order valence-electron chi connectivity index (χ4n) is 3.89. The molecule has 1 N–H and O–H groups in total. The highest BCUT2D eigenvalue weighted by molar-refractivity contribution is 6.46. The minimum Gasteiger partial charge on any atom is -0.507 e. The maximum absolute atomic E-state index is 13.2. The number of likely N-dealkylation sites (tertiary alicyclic amines) is 1. The number of ether oxygens (including phenoxy) is 2. The molecular weight excluding hydrogens is 444 g/mol. The molecule has 1 aliphatic rings. The lowest BCUT2D eigenvalue weighted by molar-refractivity contribution is -0.140. The zero-order valence-corrected chi connectivity index (χ0v) is 18.7. The highest BCUT2D eigenvalue weighted by atomic mass is 35.5. The number of halogens is 1. The van der Waals surface area contributed by atoms with E-state index in [2.05, 4.69) is 4.98 Å². The molecule has 7 nitrogen and oxygen atoms in total. The molecule has 3 aromatic rings. The van der Waals surface area contributed by atoms with E-state index in [1.807, 2.05) is 6.07 Å². The molecule has 1 fully saturated rings. The first-order chi connectivity index (χ1) is 15.9. The number of benzene rings is 2. The van der Waals surface area contributed by atoms with Crippen molar-refractivity contribution in [2.24, 2.45) is 0 Å². The Kier molecular flexibility index (Phi) is 6.33. The number of Topliss-reactive ketones (excluding diaryl/α,β-unsaturated/α-hetero) is 1. The minimum absolute atomic E-state index is 0.0293. The van der Waals surface area contributed by atoms with Crippen molar-refractivity contribution in [1.82, 2.24) is 9.88 Å². The summed E-state index contributed by atoms with van der Waals surface area (Å²) in [5, 5.41) is 11.7. The number of ketones is 1. The second kappa shape index (κ2) is 9.34. The van der Waals surface area contributed by atoms with E-state index in [0.29, 0.717) is 27.6 Å². The number of rotatable bonds is 6. The quantitative estimate of drug-likeness (QED) is 0.331. The lowest BCUT2D eigenvalue weighted by atomic mass is 9.95. The molecule has 8 heteroatoms. The average molecular weight is 465 g/mol. The van der Waals surface area contributed by atoms with E-state index in [0.717, 1.165) is 5.56 Å². The van der Waals surface area contributed by atoms with E-state index < -0.39 is 17.7 Å². The number of aromatic nitrogens is 1. The Morgan fingerprint density at radius 3 is 2.52 bits per heavy atom. The first kappa shape index (κ1) is 22.4.